The molecular weight excluding hydrogens is 274 g/mol. The predicted molar refractivity (Wildman–Crippen MR) is 89.6 cm³/mol. The van der Waals surface area contributed by atoms with Crippen LogP contribution < -0.4 is 10.2 Å². The van der Waals surface area contributed by atoms with Gasteiger partial charge in [0.2, 0.25) is 0 Å². The summed E-state index contributed by atoms with van der Waals surface area (Å²) in [6.07, 6.45) is 2.39. The lowest BCUT2D eigenvalue weighted by Crippen LogP contribution is -2.21. The molecule has 4 nitrogen and oxygen atoms in total. The van der Waals surface area contributed by atoms with E-state index in [1.165, 1.54) is 18.4 Å². The number of rotatable bonds is 3. The van der Waals surface area contributed by atoms with E-state index in [4.69, 9.17) is 0 Å². The summed E-state index contributed by atoms with van der Waals surface area (Å²) in [7, 11) is 0. The first-order chi connectivity index (χ1) is 10.6. The third-order valence-electron chi connectivity index (χ3n) is 4.16. The maximum Gasteiger partial charge on any atom is 0.274 e. The van der Waals surface area contributed by atoms with Gasteiger partial charge in [-0.25, -0.2) is 4.98 Å². The molecule has 2 heterocycles. The predicted octanol–water partition coefficient (Wildman–Crippen LogP) is 3.55. The quantitative estimate of drug-likeness (QED) is 0.942. The SMILES string of the molecule is Cc1ccc(NC(=O)c2cccc(N3CCCC3)n2)cc1C. The lowest BCUT2D eigenvalue weighted by molar-refractivity contribution is 0.102. The first-order valence-electron chi connectivity index (χ1n) is 7.74. The van der Waals surface area contributed by atoms with E-state index in [0.717, 1.165) is 30.2 Å². The summed E-state index contributed by atoms with van der Waals surface area (Å²) in [6.45, 7) is 6.14. The van der Waals surface area contributed by atoms with Gasteiger partial charge in [-0.15, -0.1) is 0 Å². The molecule has 1 aromatic heterocycles. The number of aryl methyl sites for hydroxylation is 2. The molecule has 22 heavy (non-hydrogen) atoms. The zero-order chi connectivity index (χ0) is 15.5. The van der Waals surface area contributed by atoms with Gasteiger partial charge in [-0.2, -0.15) is 0 Å². The van der Waals surface area contributed by atoms with Gasteiger partial charge >= 0.3 is 0 Å². The topological polar surface area (TPSA) is 45.2 Å². The molecule has 1 fully saturated rings. The minimum absolute atomic E-state index is 0.163. The lowest BCUT2D eigenvalue weighted by Gasteiger charge is -2.16. The smallest absolute Gasteiger partial charge is 0.274 e. The Hall–Kier alpha value is -2.36. The number of nitrogens with one attached hydrogen (secondary N) is 1. The van der Waals surface area contributed by atoms with Gasteiger partial charge in [-0.1, -0.05) is 12.1 Å². The fourth-order valence-corrected chi connectivity index (χ4v) is 2.69. The van der Waals surface area contributed by atoms with Gasteiger partial charge in [0.05, 0.1) is 0 Å². The van der Waals surface area contributed by atoms with Crippen LogP contribution in [0.3, 0.4) is 0 Å². The second-order valence-corrected chi connectivity index (χ2v) is 5.83. The molecule has 1 aromatic carbocycles. The molecular formula is C18H21N3O. The van der Waals surface area contributed by atoms with Crippen LogP contribution in [0.4, 0.5) is 11.5 Å². The van der Waals surface area contributed by atoms with Gasteiger partial charge < -0.3 is 10.2 Å². The summed E-state index contributed by atoms with van der Waals surface area (Å²) in [5.41, 5.74) is 3.65. The summed E-state index contributed by atoms with van der Waals surface area (Å²) < 4.78 is 0. The van der Waals surface area contributed by atoms with Crippen LogP contribution >= 0.6 is 0 Å². The number of anilines is 2. The largest absolute Gasteiger partial charge is 0.357 e. The van der Waals surface area contributed by atoms with Gasteiger partial charge in [-0.05, 0) is 62.1 Å². The first-order valence-corrected chi connectivity index (χ1v) is 7.74. The van der Waals surface area contributed by atoms with Crippen molar-refractivity contribution in [3.63, 3.8) is 0 Å². The Labute approximate surface area is 131 Å². The number of carbonyl (C=O) groups excluding carboxylic acids is 1. The van der Waals surface area contributed by atoms with E-state index >= 15 is 0 Å². The molecule has 0 bridgehead atoms. The molecule has 4 heteroatoms. The van der Waals surface area contributed by atoms with Crippen molar-refractivity contribution in [2.24, 2.45) is 0 Å². The van der Waals surface area contributed by atoms with Crippen molar-refractivity contribution in [2.45, 2.75) is 26.7 Å². The molecule has 0 unspecified atom stereocenters. The van der Waals surface area contributed by atoms with Crippen molar-refractivity contribution in [2.75, 3.05) is 23.3 Å². The Morgan fingerprint density at radius 2 is 1.86 bits per heavy atom. The minimum Gasteiger partial charge on any atom is -0.357 e. The highest BCUT2D eigenvalue weighted by Crippen LogP contribution is 2.19. The molecule has 114 valence electrons. The first kappa shape index (κ1) is 14.6. The van der Waals surface area contributed by atoms with E-state index in [0.29, 0.717) is 5.69 Å². The van der Waals surface area contributed by atoms with Gasteiger partial charge in [0.1, 0.15) is 11.5 Å². The highest BCUT2D eigenvalue weighted by atomic mass is 16.1. The van der Waals surface area contributed by atoms with E-state index in [2.05, 4.69) is 22.1 Å². The molecule has 1 saturated heterocycles. The zero-order valence-corrected chi connectivity index (χ0v) is 13.1. The number of amides is 1. The standard InChI is InChI=1S/C18H21N3O/c1-13-8-9-15(12-14(13)2)19-18(22)16-6-5-7-17(20-16)21-10-3-4-11-21/h5-9,12H,3-4,10-11H2,1-2H3,(H,19,22). The Bertz CT molecular complexity index is 690. The summed E-state index contributed by atoms with van der Waals surface area (Å²) in [4.78, 5) is 19.1. The Morgan fingerprint density at radius 3 is 2.59 bits per heavy atom. The van der Waals surface area contributed by atoms with Crippen molar-refractivity contribution >= 4 is 17.4 Å². The molecule has 0 spiro atoms. The van der Waals surface area contributed by atoms with Crippen LogP contribution in [0.15, 0.2) is 36.4 Å². The average molecular weight is 295 g/mol. The molecule has 1 N–H and O–H groups in total. The summed E-state index contributed by atoms with van der Waals surface area (Å²) in [6, 6.07) is 11.5. The fraction of sp³-hybridized carbons (Fsp3) is 0.333. The summed E-state index contributed by atoms with van der Waals surface area (Å²) >= 11 is 0. The Morgan fingerprint density at radius 1 is 1.09 bits per heavy atom. The minimum atomic E-state index is -0.163. The van der Waals surface area contributed by atoms with Crippen LogP contribution in [0, 0.1) is 13.8 Å². The maximum absolute atomic E-state index is 12.4. The van der Waals surface area contributed by atoms with Gasteiger partial charge in [0.25, 0.3) is 5.91 Å². The number of nitrogens with zero attached hydrogens (tertiary/aromatic N) is 2. The fourth-order valence-electron chi connectivity index (χ4n) is 2.69. The molecule has 3 rings (SSSR count). The average Bonchev–Trinajstić information content (AvgIpc) is 3.05. The highest BCUT2D eigenvalue weighted by molar-refractivity contribution is 6.03. The van der Waals surface area contributed by atoms with E-state index < -0.39 is 0 Å². The Kier molecular flexibility index (Phi) is 4.09. The van der Waals surface area contributed by atoms with Crippen LogP contribution in [-0.2, 0) is 0 Å². The van der Waals surface area contributed by atoms with Gasteiger partial charge in [0, 0.05) is 18.8 Å². The van der Waals surface area contributed by atoms with Crippen molar-refractivity contribution in [1.29, 1.82) is 0 Å². The molecule has 0 radical (unpaired) electrons. The number of pyridine rings is 1. The second-order valence-electron chi connectivity index (χ2n) is 5.83. The zero-order valence-electron chi connectivity index (χ0n) is 13.1. The van der Waals surface area contributed by atoms with Crippen molar-refractivity contribution in [3.05, 3.63) is 53.2 Å². The number of carbonyl (C=O) groups is 1. The van der Waals surface area contributed by atoms with E-state index in [1.54, 1.807) is 6.07 Å². The maximum atomic E-state index is 12.4. The highest BCUT2D eigenvalue weighted by Gasteiger charge is 2.15. The number of hydrogen-bond acceptors (Lipinski definition) is 3. The van der Waals surface area contributed by atoms with Crippen molar-refractivity contribution in [1.82, 2.24) is 4.98 Å². The van der Waals surface area contributed by atoms with Crippen LogP contribution in [0.1, 0.15) is 34.5 Å². The van der Waals surface area contributed by atoms with Crippen LogP contribution in [0.2, 0.25) is 0 Å². The molecule has 2 aromatic rings. The normalized spacial score (nSPS) is 14.2. The molecule has 1 aliphatic heterocycles. The Balaban J connectivity index is 1.76. The molecule has 1 amide bonds. The monoisotopic (exact) mass is 295 g/mol. The van der Waals surface area contributed by atoms with E-state index in [9.17, 15) is 4.79 Å². The summed E-state index contributed by atoms with van der Waals surface area (Å²) in [5.74, 6) is 0.731. The molecule has 1 aliphatic rings. The van der Waals surface area contributed by atoms with Crippen LogP contribution in [-0.4, -0.2) is 24.0 Å². The van der Waals surface area contributed by atoms with E-state index in [1.807, 2.05) is 37.3 Å². The van der Waals surface area contributed by atoms with Gasteiger partial charge in [0.15, 0.2) is 0 Å². The third kappa shape index (κ3) is 3.11. The lowest BCUT2D eigenvalue weighted by atomic mass is 10.1. The van der Waals surface area contributed by atoms with Crippen LogP contribution in [0.5, 0.6) is 0 Å². The molecule has 0 aliphatic carbocycles. The number of aromatic nitrogens is 1. The van der Waals surface area contributed by atoms with Gasteiger partial charge in [-0.3, -0.25) is 4.79 Å². The van der Waals surface area contributed by atoms with Crippen molar-refractivity contribution in [3.8, 4) is 0 Å². The number of benzene rings is 1. The number of hydrogen-bond donors (Lipinski definition) is 1. The molecule has 0 atom stereocenters. The second kappa shape index (κ2) is 6.18. The van der Waals surface area contributed by atoms with Crippen molar-refractivity contribution < 1.29 is 4.79 Å². The summed E-state index contributed by atoms with van der Waals surface area (Å²) in [5, 5.41) is 2.92. The molecule has 0 saturated carbocycles. The van der Waals surface area contributed by atoms with Crippen LogP contribution in [0.25, 0.3) is 0 Å². The van der Waals surface area contributed by atoms with E-state index in [-0.39, 0.29) is 5.91 Å². The third-order valence-corrected chi connectivity index (χ3v) is 4.16.